The first-order valence-electron chi connectivity index (χ1n) is 2.07. The molecule has 6 N–H and O–H groups in total. The Kier molecular flexibility index (Phi) is 3.60. The maximum Gasteiger partial charge on any atom is 0.158 e. The number of hydrazone groups is 1. The lowest BCUT2D eigenvalue weighted by atomic mass is 11.2. The second kappa shape index (κ2) is 3.97. The van der Waals surface area contributed by atoms with E-state index in [-0.39, 0.29) is 0 Å². The fraction of sp³-hybridized carbons (Fsp3) is 0. The predicted octanol–water partition coefficient (Wildman–Crippen LogP) is -0.380. The van der Waals surface area contributed by atoms with Crippen LogP contribution in [0.1, 0.15) is 0 Å². The number of rotatable bonds is 1. The molecule has 58 valence electrons. The van der Waals surface area contributed by atoms with Crippen molar-refractivity contribution in [3.63, 3.8) is 0 Å². The minimum atomic E-state index is -3.74. The van der Waals surface area contributed by atoms with E-state index in [0.717, 1.165) is 6.34 Å². The van der Waals surface area contributed by atoms with E-state index in [1.165, 1.54) is 0 Å². The number of nitrogens with zero attached hydrogens (tertiary/aromatic N) is 1. The third-order valence-electron chi connectivity index (χ3n) is 0.383. The van der Waals surface area contributed by atoms with Crippen LogP contribution in [0.15, 0.2) is 5.10 Å². The van der Waals surface area contributed by atoms with E-state index in [1.54, 1.807) is 5.25 Å². The molecule has 0 spiro atoms. The number of hydrogen-bond donors (Lipinski definition) is 5. The molecule has 10 heavy (non-hydrogen) atoms. The van der Waals surface area contributed by atoms with E-state index in [9.17, 15) is 0 Å². The summed E-state index contributed by atoms with van der Waals surface area (Å²) in [5, 5.41) is 4.86. The molecule has 0 aromatic carbocycles. The van der Waals surface area contributed by atoms with Crippen LogP contribution in [0.5, 0.6) is 0 Å². The van der Waals surface area contributed by atoms with E-state index in [2.05, 4.69) is 5.10 Å². The van der Waals surface area contributed by atoms with Crippen LogP contribution in [-0.4, -0.2) is 20.0 Å². The van der Waals surface area contributed by atoms with Gasteiger partial charge in [-0.3, -0.25) is 13.7 Å². The van der Waals surface area contributed by atoms with Gasteiger partial charge >= 0.3 is 0 Å². The van der Waals surface area contributed by atoms with Crippen LogP contribution in [0.3, 0.4) is 0 Å². The topological polar surface area (TPSA) is 111 Å². The summed E-state index contributed by atoms with van der Waals surface area (Å²) in [6, 6.07) is 1.94. The Balaban J connectivity index is 3.70. The second-order valence-corrected chi connectivity index (χ2v) is 2.38. The van der Waals surface area contributed by atoms with Crippen molar-refractivity contribution in [2.75, 3.05) is 0 Å². The normalized spacial score (nSPS) is 12.3. The second-order valence-electron chi connectivity index (χ2n) is 1.14. The van der Waals surface area contributed by atoms with Gasteiger partial charge in [0.15, 0.2) is 10.9 Å². The quantitative estimate of drug-likeness (QED) is 0.119. The molecule has 0 saturated carbocycles. The highest BCUT2D eigenvalue weighted by molar-refractivity contribution is 8.23. The van der Waals surface area contributed by atoms with Crippen LogP contribution in [0, 0.1) is 11.3 Å². The maximum atomic E-state index is 8.21. The van der Waals surface area contributed by atoms with Crippen LogP contribution in [-0.2, 0) is 0 Å². The smallest absolute Gasteiger partial charge is 0.158 e. The molecule has 0 bridgehead atoms. The van der Waals surface area contributed by atoms with E-state index in [1.807, 2.05) is 11.5 Å². The zero-order valence-electron chi connectivity index (χ0n) is 4.85. The molecule has 0 atom stereocenters. The first-order chi connectivity index (χ1) is 4.56. The van der Waals surface area contributed by atoms with E-state index >= 15 is 0 Å². The lowest BCUT2D eigenvalue weighted by Gasteiger charge is -2.07. The molecule has 0 rings (SSSR count). The van der Waals surface area contributed by atoms with Gasteiger partial charge in [0.25, 0.3) is 0 Å². The van der Waals surface area contributed by atoms with Gasteiger partial charge in [0.05, 0.1) is 0 Å². The van der Waals surface area contributed by atoms with E-state index in [4.69, 9.17) is 19.4 Å². The van der Waals surface area contributed by atoms with Crippen molar-refractivity contribution in [3.05, 3.63) is 0 Å². The minimum Gasteiger partial charge on any atom is -0.388 e. The van der Waals surface area contributed by atoms with Crippen molar-refractivity contribution < 1.29 is 13.7 Å². The lowest BCUT2D eigenvalue weighted by Crippen LogP contribution is -2.00. The van der Waals surface area contributed by atoms with Gasteiger partial charge in [0.1, 0.15) is 6.34 Å². The molecule has 0 aromatic heterocycles. The summed E-state index contributed by atoms with van der Waals surface area (Å²) in [5.74, 6) is 0. The summed E-state index contributed by atoms with van der Waals surface area (Å²) in [6.07, 6.45) is 0.928. The predicted molar refractivity (Wildman–Crippen MR) is 39.1 cm³/mol. The highest BCUT2D eigenvalue weighted by Gasteiger charge is 2.03. The molecule has 0 radical (unpaired) electrons. The molecule has 0 heterocycles. The standard InChI is InChI=1S/C3H7N3O3S/c4-3-6-5-1-2-10(7,8)9/h3,5,7-9H,(H2,4,6). The fourth-order valence-corrected chi connectivity index (χ4v) is 0.343. The largest absolute Gasteiger partial charge is 0.388 e. The van der Waals surface area contributed by atoms with Gasteiger partial charge in [0, 0.05) is 11.3 Å². The van der Waals surface area contributed by atoms with Crippen LogP contribution < -0.4 is 11.2 Å². The fourth-order valence-electron chi connectivity index (χ4n) is 0.161. The zero-order valence-corrected chi connectivity index (χ0v) is 5.67. The molecular weight excluding hydrogens is 158 g/mol. The van der Waals surface area contributed by atoms with Gasteiger partial charge < -0.3 is 5.73 Å². The minimum absolute atomic E-state index is 0.928. The van der Waals surface area contributed by atoms with Gasteiger partial charge in [-0.05, 0) is 0 Å². The Hall–Kier alpha value is -0.940. The summed E-state index contributed by atoms with van der Waals surface area (Å²) in [4.78, 5) is 0. The zero-order chi connectivity index (χ0) is 8.04. The van der Waals surface area contributed by atoms with Crippen molar-refractivity contribution in [2.45, 2.75) is 0 Å². The first kappa shape index (κ1) is 9.06. The lowest BCUT2D eigenvalue weighted by molar-refractivity contribution is 0.391. The van der Waals surface area contributed by atoms with Gasteiger partial charge in [-0.1, -0.05) is 0 Å². The van der Waals surface area contributed by atoms with Crippen LogP contribution in [0.2, 0.25) is 0 Å². The highest BCUT2D eigenvalue weighted by Crippen LogP contribution is 2.29. The SMILES string of the molecule is NC=NNC#CS(O)(O)O. The summed E-state index contributed by atoms with van der Waals surface area (Å²) in [7, 11) is -3.74. The maximum absolute atomic E-state index is 8.21. The van der Waals surface area contributed by atoms with Crippen LogP contribution in [0.25, 0.3) is 0 Å². The molecule has 0 amide bonds. The first-order valence-corrected chi connectivity index (χ1v) is 3.57. The van der Waals surface area contributed by atoms with Crippen molar-refractivity contribution in [3.8, 4) is 11.3 Å². The Labute approximate surface area is 59.3 Å². The molecule has 6 nitrogen and oxygen atoms in total. The molecule has 0 fully saturated rings. The average molecular weight is 165 g/mol. The number of nitrogens with two attached hydrogens (primary N) is 1. The molecule has 0 unspecified atom stereocenters. The van der Waals surface area contributed by atoms with Crippen molar-refractivity contribution >= 4 is 17.2 Å². The van der Waals surface area contributed by atoms with Gasteiger partial charge in [0.2, 0.25) is 0 Å². The summed E-state index contributed by atoms with van der Waals surface area (Å²) < 4.78 is 24.6. The Bertz CT molecular complexity index is 176. The Morgan fingerprint density at radius 1 is 1.50 bits per heavy atom. The summed E-state index contributed by atoms with van der Waals surface area (Å²) in [5.41, 5.74) is 6.79. The van der Waals surface area contributed by atoms with Crippen molar-refractivity contribution in [1.29, 1.82) is 0 Å². The van der Waals surface area contributed by atoms with E-state index in [0.29, 0.717) is 0 Å². The van der Waals surface area contributed by atoms with E-state index < -0.39 is 10.9 Å². The highest BCUT2D eigenvalue weighted by atomic mass is 32.3. The van der Waals surface area contributed by atoms with Crippen LogP contribution in [0.4, 0.5) is 0 Å². The Morgan fingerprint density at radius 2 is 2.10 bits per heavy atom. The monoisotopic (exact) mass is 165 g/mol. The number of nitrogens with one attached hydrogen (secondary N) is 1. The third-order valence-corrected chi connectivity index (χ3v) is 0.759. The molecule has 0 saturated heterocycles. The molecule has 0 aliphatic heterocycles. The van der Waals surface area contributed by atoms with Gasteiger partial charge in [-0.15, -0.1) is 0 Å². The van der Waals surface area contributed by atoms with Crippen molar-refractivity contribution in [2.24, 2.45) is 10.8 Å². The molecule has 7 heteroatoms. The average Bonchev–Trinajstić information content (AvgIpc) is 1.78. The molecule has 0 aliphatic carbocycles. The van der Waals surface area contributed by atoms with Crippen molar-refractivity contribution in [1.82, 2.24) is 5.43 Å². The number of hydrogen-bond acceptors (Lipinski definition) is 5. The molecule has 0 aliphatic rings. The molecular formula is C3H7N3O3S. The van der Waals surface area contributed by atoms with Crippen LogP contribution >= 0.6 is 10.9 Å². The van der Waals surface area contributed by atoms with Gasteiger partial charge in [-0.25, -0.2) is 5.43 Å². The molecule has 0 aromatic rings. The van der Waals surface area contributed by atoms with Gasteiger partial charge in [-0.2, -0.15) is 5.10 Å². The summed E-state index contributed by atoms with van der Waals surface area (Å²) >= 11 is 0. The summed E-state index contributed by atoms with van der Waals surface area (Å²) in [6.45, 7) is 0. The Morgan fingerprint density at radius 3 is 2.50 bits per heavy atom. The third kappa shape index (κ3) is 7.06.